The minimum atomic E-state index is 0. The molecule has 2 fully saturated rings. The zero-order valence-electron chi connectivity index (χ0n) is 18.3. The molecule has 6 nitrogen and oxygen atoms in total. The zero-order chi connectivity index (χ0) is 20.6. The summed E-state index contributed by atoms with van der Waals surface area (Å²) in [6.45, 7) is 4.43. The SMILES string of the molecule is CN=C(NCc1ccnc(N2CCCCC2)c1)NCc1ccccc1OCC1CC1.I. The van der Waals surface area contributed by atoms with E-state index in [2.05, 4.69) is 55.8 Å². The van der Waals surface area contributed by atoms with E-state index in [1.807, 2.05) is 12.3 Å². The van der Waals surface area contributed by atoms with Crippen molar-refractivity contribution in [2.45, 2.75) is 45.2 Å². The third-order valence-corrected chi connectivity index (χ3v) is 5.76. The molecule has 0 radical (unpaired) electrons. The van der Waals surface area contributed by atoms with Gasteiger partial charge in [-0.2, -0.15) is 0 Å². The maximum Gasteiger partial charge on any atom is 0.191 e. The zero-order valence-corrected chi connectivity index (χ0v) is 20.7. The quantitative estimate of drug-likeness (QED) is 0.299. The maximum atomic E-state index is 6.02. The second kappa shape index (κ2) is 12.1. The molecule has 2 aliphatic rings. The van der Waals surface area contributed by atoms with Gasteiger partial charge in [0.1, 0.15) is 11.6 Å². The lowest BCUT2D eigenvalue weighted by molar-refractivity contribution is 0.296. The predicted octanol–water partition coefficient (Wildman–Crippen LogP) is 4.34. The van der Waals surface area contributed by atoms with Gasteiger partial charge in [-0.05, 0) is 61.8 Å². The van der Waals surface area contributed by atoms with E-state index in [4.69, 9.17) is 4.74 Å². The molecule has 4 rings (SSSR count). The van der Waals surface area contributed by atoms with E-state index >= 15 is 0 Å². The first-order valence-corrected chi connectivity index (χ1v) is 11.2. The Labute approximate surface area is 202 Å². The highest BCUT2D eigenvalue weighted by molar-refractivity contribution is 14.0. The fourth-order valence-electron chi connectivity index (χ4n) is 3.73. The Balaban J connectivity index is 0.00000272. The van der Waals surface area contributed by atoms with Crippen molar-refractivity contribution < 1.29 is 4.74 Å². The summed E-state index contributed by atoms with van der Waals surface area (Å²) >= 11 is 0. The van der Waals surface area contributed by atoms with Crippen LogP contribution in [0.4, 0.5) is 5.82 Å². The number of guanidine groups is 1. The molecule has 0 unspecified atom stereocenters. The molecule has 2 heterocycles. The summed E-state index contributed by atoms with van der Waals surface area (Å²) in [6, 6.07) is 12.5. The largest absolute Gasteiger partial charge is 0.493 e. The molecule has 168 valence electrons. The maximum absolute atomic E-state index is 6.02. The van der Waals surface area contributed by atoms with Crippen molar-refractivity contribution in [1.82, 2.24) is 15.6 Å². The second-order valence-electron chi connectivity index (χ2n) is 8.21. The number of pyridine rings is 1. The number of hydrogen-bond donors (Lipinski definition) is 2. The summed E-state index contributed by atoms with van der Waals surface area (Å²) in [5, 5.41) is 6.83. The number of ether oxygens (including phenoxy) is 1. The van der Waals surface area contributed by atoms with Crippen LogP contribution < -0.4 is 20.3 Å². The van der Waals surface area contributed by atoms with E-state index < -0.39 is 0 Å². The second-order valence-corrected chi connectivity index (χ2v) is 8.21. The van der Waals surface area contributed by atoms with Gasteiger partial charge >= 0.3 is 0 Å². The van der Waals surface area contributed by atoms with Crippen LogP contribution in [0.1, 0.15) is 43.2 Å². The van der Waals surface area contributed by atoms with Gasteiger partial charge in [0, 0.05) is 45.0 Å². The van der Waals surface area contributed by atoms with Gasteiger partial charge in [-0.25, -0.2) is 4.98 Å². The molecule has 0 amide bonds. The summed E-state index contributed by atoms with van der Waals surface area (Å²) in [5.41, 5.74) is 2.36. The highest BCUT2D eigenvalue weighted by Crippen LogP contribution is 2.30. The van der Waals surface area contributed by atoms with Crippen LogP contribution in [0, 0.1) is 5.92 Å². The summed E-state index contributed by atoms with van der Waals surface area (Å²) in [6.07, 6.45) is 8.34. The average Bonchev–Trinajstić information content (AvgIpc) is 3.64. The molecule has 1 saturated heterocycles. The minimum Gasteiger partial charge on any atom is -0.493 e. The number of aromatic nitrogens is 1. The number of anilines is 1. The number of nitrogens with one attached hydrogen (secondary N) is 2. The van der Waals surface area contributed by atoms with Crippen molar-refractivity contribution in [2.75, 3.05) is 31.6 Å². The molecule has 1 saturated carbocycles. The Hall–Kier alpha value is -2.03. The molecular formula is C24H34IN5O. The van der Waals surface area contributed by atoms with Crippen molar-refractivity contribution in [2.24, 2.45) is 10.9 Å². The third kappa shape index (κ3) is 7.26. The summed E-state index contributed by atoms with van der Waals surface area (Å²) < 4.78 is 6.02. The Bertz CT molecular complexity index is 849. The Kier molecular flexibility index (Phi) is 9.24. The smallest absolute Gasteiger partial charge is 0.191 e. The van der Waals surface area contributed by atoms with Crippen LogP contribution in [0.3, 0.4) is 0 Å². The first kappa shape index (κ1) is 23.6. The van der Waals surface area contributed by atoms with Crippen molar-refractivity contribution >= 4 is 35.8 Å². The Morgan fingerprint density at radius 1 is 1.10 bits per heavy atom. The van der Waals surface area contributed by atoms with Gasteiger partial charge in [-0.15, -0.1) is 24.0 Å². The monoisotopic (exact) mass is 535 g/mol. The molecule has 0 atom stereocenters. The summed E-state index contributed by atoms with van der Waals surface area (Å²) in [4.78, 5) is 11.3. The van der Waals surface area contributed by atoms with Crippen LogP contribution >= 0.6 is 24.0 Å². The highest BCUT2D eigenvalue weighted by atomic mass is 127. The van der Waals surface area contributed by atoms with Crippen molar-refractivity contribution in [1.29, 1.82) is 0 Å². The lowest BCUT2D eigenvalue weighted by Crippen LogP contribution is -2.36. The number of piperidine rings is 1. The minimum absolute atomic E-state index is 0. The van der Waals surface area contributed by atoms with E-state index in [9.17, 15) is 0 Å². The van der Waals surface area contributed by atoms with Crippen LogP contribution in [-0.2, 0) is 13.1 Å². The molecule has 31 heavy (non-hydrogen) atoms. The molecule has 2 N–H and O–H groups in total. The summed E-state index contributed by atoms with van der Waals surface area (Å²) in [5.74, 6) is 3.57. The van der Waals surface area contributed by atoms with Crippen molar-refractivity contribution in [3.8, 4) is 5.75 Å². The van der Waals surface area contributed by atoms with Crippen LogP contribution in [0.2, 0.25) is 0 Å². The molecule has 1 aliphatic heterocycles. The first-order chi connectivity index (χ1) is 14.8. The number of aliphatic imine (C=N–C) groups is 1. The fourth-order valence-corrected chi connectivity index (χ4v) is 3.73. The van der Waals surface area contributed by atoms with Gasteiger partial charge in [0.15, 0.2) is 5.96 Å². The van der Waals surface area contributed by atoms with Gasteiger partial charge in [-0.3, -0.25) is 4.99 Å². The first-order valence-electron chi connectivity index (χ1n) is 11.2. The highest BCUT2D eigenvalue weighted by Gasteiger charge is 2.22. The number of hydrogen-bond acceptors (Lipinski definition) is 4. The van der Waals surface area contributed by atoms with Gasteiger partial charge in [0.2, 0.25) is 0 Å². The average molecular weight is 535 g/mol. The number of halogens is 1. The van der Waals surface area contributed by atoms with Crippen LogP contribution in [0.5, 0.6) is 5.75 Å². The van der Waals surface area contributed by atoms with Crippen molar-refractivity contribution in [3.05, 3.63) is 53.7 Å². The van der Waals surface area contributed by atoms with Gasteiger partial charge in [0.25, 0.3) is 0 Å². The van der Waals surface area contributed by atoms with Crippen LogP contribution in [0.15, 0.2) is 47.6 Å². The van der Waals surface area contributed by atoms with Gasteiger partial charge in [0.05, 0.1) is 6.61 Å². The predicted molar refractivity (Wildman–Crippen MR) is 137 cm³/mol. The molecule has 2 aromatic rings. The van der Waals surface area contributed by atoms with E-state index in [1.54, 1.807) is 7.05 Å². The Morgan fingerprint density at radius 2 is 1.87 bits per heavy atom. The molecule has 1 aromatic heterocycles. The Morgan fingerprint density at radius 3 is 2.65 bits per heavy atom. The molecule has 7 heteroatoms. The molecule has 0 spiro atoms. The van der Waals surface area contributed by atoms with Gasteiger partial charge in [-0.1, -0.05) is 18.2 Å². The number of nitrogens with zero attached hydrogens (tertiary/aromatic N) is 3. The topological polar surface area (TPSA) is 61.8 Å². The molecule has 1 aromatic carbocycles. The van der Waals surface area contributed by atoms with E-state index in [0.717, 1.165) is 48.7 Å². The van der Waals surface area contributed by atoms with Crippen LogP contribution in [0.25, 0.3) is 0 Å². The molecular weight excluding hydrogens is 501 g/mol. The van der Waals surface area contributed by atoms with E-state index in [0.29, 0.717) is 13.1 Å². The van der Waals surface area contributed by atoms with Crippen LogP contribution in [-0.4, -0.2) is 37.7 Å². The number of para-hydroxylation sites is 1. The van der Waals surface area contributed by atoms with Gasteiger partial charge < -0.3 is 20.3 Å². The number of benzene rings is 1. The summed E-state index contributed by atoms with van der Waals surface area (Å²) in [7, 11) is 1.80. The normalized spacial score (nSPS) is 16.4. The molecule has 0 bridgehead atoms. The van der Waals surface area contributed by atoms with E-state index in [1.165, 1.54) is 37.7 Å². The third-order valence-electron chi connectivity index (χ3n) is 5.76. The standard InChI is InChI=1S/C24H33N5O.HI/c1-25-24(28-17-21-7-3-4-8-22(21)30-18-19-9-10-19)27-16-20-11-12-26-23(15-20)29-13-5-2-6-14-29;/h3-4,7-8,11-12,15,19H,2,5-6,9-10,13-14,16-18H2,1H3,(H2,25,27,28);1H. The number of rotatable bonds is 8. The van der Waals surface area contributed by atoms with Crippen molar-refractivity contribution in [3.63, 3.8) is 0 Å². The van der Waals surface area contributed by atoms with E-state index in [-0.39, 0.29) is 24.0 Å². The fraction of sp³-hybridized carbons (Fsp3) is 0.500. The molecule has 1 aliphatic carbocycles. The lowest BCUT2D eigenvalue weighted by Gasteiger charge is -2.28. The lowest BCUT2D eigenvalue weighted by atomic mass is 10.1.